The average Bonchev–Trinajstić information content (AvgIpc) is 2.54. The second-order valence-electron chi connectivity index (χ2n) is 5.04. The van der Waals surface area contributed by atoms with Crippen molar-refractivity contribution in [3.63, 3.8) is 0 Å². The Kier molecular flexibility index (Phi) is 5.64. The number of hydrogen-bond donors (Lipinski definition) is 1. The molecule has 0 aliphatic rings. The van der Waals surface area contributed by atoms with Crippen LogP contribution in [0.15, 0.2) is 53.4 Å². The zero-order valence-electron chi connectivity index (χ0n) is 12.8. The highest BCUT2D eigenvalue weighted by molar-refractivity contribution is 7.89. The number of aliphatic hydroxyl groups is 1. The Morgan fingerprint density at radius 3 is 2.57 bits per heavy atom. The number of hydrogen-bond acceptors (Lipinski definition) is 4. The first-order valence-corrected chi connectivity index (χ1v) is 8.70. The molecule has 23 heavy (non-hydrogen) atoms. The standard InChI is InChI=1S/C16H18ClNO4S/c1-18(23(20,21)15-8-4-6-13(17)10-15)11-16(19)12-5-3-7-14(9-12)22-2/h3-10,16,19H,11H2,1-2H3. The van der Waals surface area contributed by atoms with Crippen molar-refractivity contribution in [3.05, 3.63) is 59.1 Å². The first kappa shape index (κ1) is 17.7. The lowest BCUT2D eigenvalue weighted by Crippen LogP contribution is -2.31. The van der Waals surface area contributed by atoms with Gasteiger partial charge in [-0.2, -0.15) is 4.31 Å². The number of benzene rings is 2. The molecule has 2 rings (SSSR count). The maximum Gasteiger partial charge on any atom is 0.242 e. The summed E-state index contributed by atoms with van der Waals surface area (Å²) in [4.78, 5) is 0.0883. The fourth-order valence-electron chi connectivity index (χ4n) is 2.10. The van der Waals surface area contributed by atoms with E-state index in [2.05, 4.69) is 0 Å². The third kappa shape index (κ3) is 4.23. The van der Waals surface area contributed by atoms with Crippen LogP contribution in [0.5, 0.6) is 5.75 Å². The Balaban J connectivity index is 2.18. The molecule has 0 bridgehead atoms. The Hall–Kier alpha value is -1.60. The molecule has 0 aliphatic carbocycles. The van der Waals surface area contributed by atoms with Gasteiger partial charge in [-0.15, -0.1) is 0 Å². The molecule has 0 spiro atoms. The quantitative estimate of drug-likeness (QED) is 0.865. The van der Waals surface area contributed by atoms with Gasteiger partial charge >= 0.3 is 0 Å². The summed E-state index contributed by atoms with van der Waals surface area (Å²) in [5, 5.41) is 10.6. The highest BCUT2D eigenvalue weighted by Crippen LogP contribution is 2.23. The summed E-state index contributed by atoms with van der Waals surface area (Å²) in [6, 6.07) is 12.9. The van der Waals surface area contributed by atoms with E-state index in [9.17, 15) is 13.5 Å². The molecule has 5 nitrogen and oxygen atoms in total. The van der Waals surface area contributed by atoms with E-state index in [1.165, 1.54) is 26.3 Å². The lowest BCUT2D eigenvalue weighted by molar-refractivity contribution is 0.154. The van der Waals surface area contributed by atoms with Crippen molar-refractivity contribution in [2.75, 3.05) is 20.7 Å². The molecule has 1 N–H and O–H groups in total. The summed E-state index contributed by atoms with van der Waals surface area (Å²) >= 11 is 5.84. The van der Waals surface area contributed by atoms with Crippen LogP contribution in [-0.2, 0) is 10.0 Å². The molecule has 0 saturated heterocycles. The monoisotopic (exact) mass is 355 g/mol. The first-order valence-electron chi connectivity index (χ1n) is 6.88. The molecule has 2 aromatic rings. The highest BCUT2D eigenvalue weighted by Gasteiger charge is 2.24. The van der Waals surface area contributed by atoms with Gasteiger partial charge in [0.25, 0.3) is 0 Å². The van der Waals surface area contributed by atoms with Gasteiger partial charge < -0.3 is 9.84 Å². The van der Waals surface area contributed by atoms with E-state index < -0.39 is 16.1 Å². The highest BCUT2D eigenvalue weighted by atomic mass is 35.5. The molecular formula is C16H18ClNO4S. The Bertz CT molecular complexity index is 779. The average molecular weight is 356 g/mol. The number of rotatable bonds is 6. The molecule has 0 aromatic heterocycles. The lowest BCUT2D eigenvalue weighted by atomic mass is 10.1. The van der Waals surface area contributed by atoms with Gasteiger partial charge in [0.15, 0.2) is 0 Å². The summed E-state index contributed by atoms with van der Waals surface area (Å²) in [5.41, 5.74) is 0.581. The minimum absolute atomic E-state index is 0.0813. The molecule has 0 radical (unpaired) electrons. The van der Waals surface area contributed by atoms with E-state index in [0.717, 1.165) is 4.31 Å². The molecule has 2 aromatic carbocycles. The fraction of sp³-hybridized carbons (Fsp3) is 0.250. The van der Waals surface area contributed by atoms with Crippen LogP contribution in [0.4, 0.5) is 0 Å². The van der Waals surface area contributed by atoms with Crippen LogP contribution in [-0.4, -0.2) is 38.5 Å². The fourth-order valence-corrected chi connectivity index (χ4v) is 3.58. The summed E-state index contributed by atoms with van der Waals surface area (Å²) in [5.74, 6) is 0.599. The largest absolute Gasteiger partial charge is 0.497 e. The smallest absolute Gasteiger partial charge is 0.242 e. The minimum Gasteiger partial charge on any atom is -0.497 e. The third-order valence-electron chi connectivity index (χ3n) is 3.41. The molecule has 1 atom stereocenters. The van der Waals surface area contributed by atoms with Crippen molar-refractivity contribution < 1.29 is 18.3 Å². The molecule has 0 fully saturated rings. The maximum absolute atomic E-state index is 12.5. The first-order chi connectivity index (χ1) is 10.8. The SMILES string of the molecule is COc1cccc(C(O)CN(C)S(=O)(=O)c2cccc(Cl)c2)c1. The molecule has 1 unspecified atom stereocenters. The van der Waals surface area contributed by atoms with E-state index in [-0.39, 0.29) is 11.4 Å². The van der Waals surface area contributed by atoms with Gasteiger partial charge in [0.05, 0.1) is 18.1 Å². The normalized spacial score (nSPS) is 13.1. The van der Waals surface area contributed by atoms with Crippen LogP contribution in [0, 0.1) is 0 Å². The van der Waals surface area contributed by atoms with Gasteiger partial charge in [-0.3, -0.25) is 0 Å². The molecule has 0 aliphatic heterocycles. The zero-order valence-corrected chi connectivity index (χ0v) is 14.4. The zero-order chi connectivity index (χ0) is 17.0. The van der Waals surface area contributed by atoms with E-state index in [4.69, 9.17) is 16.3 Å². The van der Waals surface area contributed by atoms with Crippen LogP contribution in [0.25, 0.3) is 0 Å². The number of aliphatic hydroxyl groups excluding tert-OH is 1. The van der Waals surface area contributed by atoms with Gasteiger partial charge in [-0.25, -0.2) is 8.42 Å². The van der Waals surface area contributed by atoms with Crippen molar-refractivity contribution in [1.29, 1.82) is 0 Å². The van der Waals surface area contributed by atoms with Gasteiger partial charge in [0.2, 0.25) is 10.0 Å². The Labute approximate surface area is 141 Å². The minimum atomic E-state index is -3.72. The molecule has 124 valence electrons. The molecule has 7 heteroatoms. The summed E-state index contributed by atoms with van der Waals surface area (Å²) < 4.78 is 31.2. The van der Waals surface area contributed by atoms with Gasteiger partial charge in [-0.05, 0) is 35.9 Å². The van der Waals surface area contributed by atoms with Crippen molar-refractivity contribution in [3.8, 4) is 5.75 Å². The summed E-state index contributed by atoms with van der Waals surface area (Å²) in [7, 11) is -0.777. The van der Waals surface area contributed by atoms with Crippen molar-refractivity contribution in [1.82, 2.24) is 4.31 Å². The van der Waals surface area contributed by atoms with E-state index in [0.29, 0.717) is 16.3 Å². The van der Waals surface area contributed by atoms with E-state index in [1.807, 2.05) is 0 Å². The van der Waals surface area contributed by atoms with Crippen molar-refractivity contribution >= 4 is 21.6 Å². The van der Waals surface area contributed by atoms with E-state index in [1.54, 1.807) is 36.4 Å². The summed E-state index contributed by atoms with van der Waals surface area (Å²) in [6.07, 6.45) is -0.968. The van der Waals surface area contributed by atoms with Crippen LogP contribution in [0.2, 0.25) is 5.02 Å². The van der Waals surface area contributed by atoms with E-state index >= 15 is 0 Å². The predicted octanol–water partition coefficient (Wildman–Crippen LogP) is 2.70. The van der Waals surface area contributed by atoms with Gasteiger partial charge in [-0.1, -0.05) is 29.8 Å². The molecule has 0 saturated carbocycles. The number of ether oxygens (including phenoxy) is 1. The van der Waals surface area contributed by atoms with Crippen LogP contribution < -0.4 is 4.74 Å². The second kappa shape index (κ2) is 7.31. The predicted molar refractivity (Wildman–Crippen MR) is 89.2 cm³/mol. The Morgan fingerprint density at radius 2 is 1.91 bits per heavy atom. The third-order valence-corrected chi connectivity index (χ3v) is 5.47. The van der Waals surface area contributed by atoms with Crippen molar-refractivity contribution in [2.24, 2.45) is 0 Å². The van der Waals surface area contributed by atoms with Crippen LogP contribution in [0.3, 0.4) is 0 Å². The van der Waals surface area contributed by atoms with Crippen molar-refractivity contribution in [2.45, 2.75) is 11.0 Å². The number of halogens is 1. The van der Waals surface area contributed by atoms with Crippen LogP contribution >= 0.6 is 11.6 Å². The van der Waals surface area contributed by atoms with Gasteiger partial charge in [0.1, 0.15) is 5.75 Å². The number of likely N-dealkylation sites (N-methyl/N-ethyl adjacent to an activating group) is 1. The van der Waals surface area contributed by atoms with Crippen LogP contribution in [0.1, 0.15) is 11.7 Å². The molecule has 0 amide bonds. The lowest BCUT2D eigenvalue weighted by Gasteiger charge is -2.21. The molecule has 0 heterocycles. The number of methoxy groups -OCH3 is 1. The molecular weight excluding hydrogens is 338 g/mol. The number of nitrogens with zero attached hydrogens (tertiary/aromatic N) is 1. The Morgan fingerprint density at radius 1 is 1.22 bits per heavy atom. The second-order valence-corrected chi connectivity index (χ2v) is 7.52. The maximum atomic E-state index is 12.5. The number of sulfonamides is 1. The van der Waals surface area contributed by atoms with Gasteiger partial charge in [0, 0.05) is 18.6 Å². The summed E-state index contributed by atoms with van der Waals surface area (Å²) in [6.45, 7) is -0.0813. The topological polar surface area (TPSA) is 66.8 Å².